The minimum absolute atomic E-state index is 0.0898. The van der Waals surface area contributed by atoms with E-state index in [1.807, 2.05) is 72.8 Å². The van der Waals surface area contributed by atoms with E-state index in [0.717, 1.165) is 31.9 Å². The van der Waals surface area contributed by atoms with Gasteiger partial charge in [0.2, 0.25) is 0 Å². The zero-order valence-electron chi connectivity index (χ0n) is 13.8. The molecule has 0 saturated heterocycles. The van der Waals surface area contributed by atoms with Crippen molar-refractivity contribution in [3.63, 3.8) is 0 Å². The van der Waals surface area contributed by atoms with Gasteiger partial charge in [-0.05, 0) is 29.8 Å². The van der Waals surface area contributed by atoms with Crippen molar-refractivity contribution >= 4 is 22.7 Å². The molecule has 126 valence electrons. The maximum Gasteiger partial charge on any atom is 0.262 e. The van der Waals surface area contributed by atoms with Crippen molar-refractivity contribution in [2.24, 2.45) is 0 Å². The molecule has 3 nitrogen and oxygen atoms in total. The summed E-state index contributed by atoms with van der Waals surface area (Å²) in [5.74, 6) is 0.0898. The van der Waals surface area contributed by atoms with E-state index in [9.17, 15) is 9.90 Å². The van der Waals surface area contributed by atoms with E-state index in [1.54, 1.807) is 16.3 Å². The first kappa shape index (κ1) is 15.3. The third-order valence-electron chi connectivity index (χ3n) is 4.77. The van der Waals surface area contributed by atoms with Crippen LogP contribution >= 0.6 is 11.8 Å². The molecule has 5 rings (SSSR count). The SMILES string of the molecule is O=c1c(Cc2ccccc2)c(O)c2cccc3c2n1-c1ccccc1S3. The standard InChI is InChI=1S/C22H15NO2S/c24-21-15-9-6-12-19-20(15)23(17-10-4-5-11-18(17)26-19)22(25)16(21)13-14-7-2-1-3-8-14/h1-12,24H,13H2. The summed E-state index contributed by atoms with van der Waals surface area (Å²) < 4.78 is 1.76. The second kappa shape index (κ2) is 5.78. The lowest BCUT2D eigenvalue weighted by Gasteiger charge is -2.23. The Balaban J connectivity index is 1.87. The highest BCUT2D eigenvalue weighted by molar-refractivity contribution is 7.99. The Kier molecular flexibility index (Phi) is 3.40. The molecule has 26 heavy (non-hydrogen) atoms. The van der Waals surface area contributed by atoms with Gasteiger partial charge in [0.15, 0.2) is 0 Å². The molecule has 0 aliphatic carbocycles. The number of pyridine rings is 1. The number of aromatic nitrogens is 1. The van der Waals surface area contributed by atoms with E-state index in [2.05, 4.69) is 0 Å². The largest absolute Gasteiger partial charge is 0.507 e. The molecule has 4 aromatic rings. The van der Waals surface area contributed by atoms with Crippen LogP contribution in [0.4, 0.5) is 0 Å². The van der Waals surface area contributed by atoms with Crippen LogP contribution in [0, 0.1) is 0 Å². The minimum atomic E-state index is -0.154. The second-order valence-corrected chi connectivity index (χ2v) is 7.44. The van der Waals surface area contributed by atoms with Crippen molar-refractivity contribution in [1.82, 2.24) is 4.57 Å². The number of para-hydroxylation sites is 2. The quantitative estimate of drug-likeness (QED) is 0.496. The second-order valence-electron chi connectivity index (χ2n) is 6.35. The highest BCUT2D eigenvalue weighted by atomic mass is 32.2. The predicted octanol–water partition coefficient (Wildman–Crippen LogP) is 4.75. The Bertz CT molecular complexity index is 1210. The maximum atomic E-state index is 13.4. The van der Waals surface area contributed by atoms with Crippen LogP contribution in [-0.4, -0.2) is 9.67 Å². The average Bonchev–Trinajstić information content (AvgIpc) is 2.68. The van der Waals surface area contributed by atoms with E-state index >= 15 is 0 Å². The van der Waals surface area contributed by atoms with Crippen molar-refractivity contribution in [1.29, 1.82) is 0 Å². The fourth-order valence-electron chi connectivity index (χ4n) is 3.56. The van der Waals surface area contributed by atoms with Gasteiger partial charge in [0.25, 0.3) is 5.56 Å². The zero-order valence-corrected chi connectivity index (χ0v) is 14.7. The molecule has 4 heteroatoms. The molecule has 1 N–H and O–H groups in total. The number of fused-ring (bicyclic) bond motifs is 2. The molecule has 1 aliphatic rings. The van der Waals surface area contributed by atoms with Crippen LogP contribution in [0.15, 0.2) is 87.4 Å². The molecule has 0 unspecified atom stereocenters. The molecule has 0 amide bonds. The van der Waals surface area contributed by atoms with Gasteiger partial charge in [0, 0.05) is 21.6 Å². The fourth-order valence-corrected chi connectivity index (χ4v) is 4.65. The van der Waals surface area contributed by atoms with E-state index in [4.69, 9.17) is 0 Å². The zero-order chi connectivity index (χ0) is 17.7. The monoisotopic (exact) mass is 357 g/mol. The Morgan fingerprint density at radius 1 is 0.846 bits per heavy atom. The van der Waals surface area contributed by atoms with E-state index < -0.39 is 0 Å². The fraction of sp³-hybridized carbons (Fsp3) is 0.0455. The van der Waals surface area contributed by atoms with Gasteiger partial charge in [-0.1, -0.05) is 60.3 Å². The summed E-state index contributed by atoms with van der Waals surface area (Å²) in [4.78, 5) is 15.4. The Morgan fingerprint density at radius 2 is 1.58 bits per heavy atom. The lowest BCUT2D eigenvalue weighted by molar-refractivity contribution is 0.473. The first-order valence-corrected chi connectivity index (χ1v) is 9.26. The Hall–Kier alpha value is -2.98. The van der Waals surface area contributed by atoms with Crippen LogP contribution < -0.4 is 5.56 Å². The molecule has 0 atom stereocenters. The van der Waals surface area contributed by atoms with Gasteiger partial charge in [-0.25, -0.2) is 0 Å². The lowest BCUT2D eigenvalue weighted by atomic mass is 10.0. The normalized spacial score (nSPS) is 12.2. The number of hydrogen-bond acceptors (Lipinski definition) is 3. The Labute approximate surface area is 154 Å². The van der Waals surface area contributed by atoms with Crippen LogP contribution in [0.25, 0.3) is 16.6 Å². The van der Waals surface area contributed by atoms with Gasteiger partial charge >= 0.3 is 0 Å². The summed E-state index contributed by atoms with van der Waals surface area (Å²) in [7, 11) is 0. The van der Waals surface area contributed by atoms with Crippen molar-refractivity contribution < 1.29 is 5.11 Å². The van der Waals surface area contributed by atoms with Gasteiger partial charge in [-0.3, -0.25) is 9.36 Å². The number of hydrogen-bond donors (Lipinski definition) is 1. The molecule has 0 radical (unpaired) electrons. The highest BCUT2D eigenvalue weighted by Gasteiger charge is 2.24. The molecule has 3 aromatic carbocycles. The number of nitrogens with zero attached hydrogens (tertiary/aromatic N) is 1. The molecule has 2 heterocycles. The van der Waals surface area contributed by atoms with Crippen LogP contribution in [-0.2, 0) is 6.42 Å². The van der Waals surface area contributed by atoms with Gasteiger partial charge in [-0.15, -0.1) is 0 Å². The third-order valence-corrected chi connectivity index (χ3v) is 5.89. The summed E-state index contributed by atoms with van der Waals surface area (Å²) in [5.41, 5.74) is 2.94. The smallest absolute Gasteiger partial charge is 0.262 e. The van der Waals surface area contributed by atoms with Crippen LogP contribution in [0.2, 0.25) is 0 Å². The molecular weight excluding hydrogens is 342 g/mol. The molecule has 0 spiro atoms. The highest BCUT2D eigenvalue weighted by Crippen LogP contribution is 2.43. The summed E-state index contributed by atoms with van der Waals surface area (Å²) in [6.45, 7) is 0. The minimum Gasteiger partial charge on any atom is -0.507 e. The molecule has 0 fully saturated rings. The van der Waals surface area contributed by atoms with Crippen molar-refractivity contribution in [3.8, 4) is 11.4 Å². The summed E-state index contributed by atoms with van der Waals surface area (Å²) in [6, 6.07) is 23.5. The number of aromatic hydroxyl groups is 1. The van der Waals surface area contributed by atoms with Crippen molar-refractivity contribution in [3.05, 3.63) is 94.3 Å². The van der Waals surface area contributed by atoms with Gasteiger partial charge in [-0.2, -0.15) is 0 Å². The molecule has 1 aliphatic heterocycles. The van der Waals surface area contributed by atoms with Crippen LogP contribution in [0.5, 0.6) is 5.75 Å². The average molecular weight is 357 g/mol. The topological polar surface area (TPSA) is 42.2 Å². The summed E-state index contributed by atoms with van der Waals surface area (Å²) in [5, 5.41) is 11.6. The van der Waals surface area contributed by atoms with E-state index in [1.165, 1.54) is 0 Å². The summed E-state index contributed by atoms with van der Waals surface area (Å²) in [6.07, 6.45) is 0.404. The maximum absolute atomic E-state index is 13.4. The van der Waals surface area contributed by atoms with Crippen molar-refractivity contribution in [2.45, 2.75) is 16.2 Å². The Morgan fingerprint density at radius 3 is 2.42 bits per heavy atom. The van der Waals surface area contributed by atoms with Crippen LogP contribution in [0.3, 0.4) is 0 Å². The van der Waals surface area contributed by atoms with Gasteiger partial charge in [0.05, 0.1) is 16.8 Å². The van der Waals surface area contributed by atoms with Crippen LogP contribution in [0.1, 0.15) is 11.1 Å². The molecule has 1 aromatic heterocycles. The van der Waals surface area contributed by atoms with Gasteiger partial charge < -0.3 is 5.11 Å². The van der Waals surface area contributed by atoms with E-state index in [0.29, 0.717) is 12.0 Å². The third kappa shape index (κ3) is 2.19. The molecule has 0 bridgehead atoms. The number of benzene rings is 3. The lowest BCUT2D eigenvalue weighted by Crippen LogP contribution is -2.25. The summed E-state index contributed by atoms with van der Waals surface area (Å²) >= 11 is 1.63. The number of rotatable bonds is 2. The molecular formula is C22H15NO2S. The van der Waals surface area contributed by atoms with Gasteiger partial charge in [0.1, 0.15) is 5.75 Å². The first-order valence-electron chi connectivity index (χ1n) is 8.45. The van der Waals surface area contributed by atoms with Crippen molar-refractivity contribution in [2.75, 3.05) is 0 Å². The molecule has 0 saturated carbocycles. The first-order chi connectivity index (χ1) is 12.7. The van der Waals surface area contributed by atoms with E-state index in [-0.39, 0.29) is 11.3 Å². The predicted molar refractivity (Wildman–Crippen MR) is 105 cm³/mol.